The Hall–Kier alpha value is -0.780. The Balaban J connectivity index is 2.17. The van der Waals surface area contributed by atoms with Gasteiger partial charge in [-0.15, -0.1) is 0 Å². The van der Waals surface area contributed by atoms with Gasteiger partial charge in [-0.05, 0) is 46.9 Å². The van der Waals surface area contributed by atoms with Gasteiger partial charge in [0.2, 0.25) is 5.91 Å². The summed E-state index contributed by atoms with van der Waals surface area (Å²) in [5.74, 6) is 0.0959. The van der Waals surface area contributed by atoms with Gasteiger partial charge in [0.15, 0.2) is 0 Å². The zero-order chi connectivity index (χ0) is 9.26. The fraction of sp³-hybridized carbons (Fsp3) is 0.222. The first-order valence-corrected chi connectivity index (χ1v) is 5.16. The van der Waals surface area contributed by atoms with E-state index < -0.39 is 0 Å². The van der Waals surface area contributed by atoms with Crippen molar-refractivity contribution in [2.75, 3.05) is 11.6 Å². The van der Waals surface area contributed by atoms with E-state index in [-0.39, 0.29) is 5.91 Å². The number of halogens is 1. The number of amides is 1. The van der Waals surface area contributed by atoms with Gasteiger partial charge in [0.1, 0.15) is 0 Å². The maximum atomic E-state index is 10.9. The van der Waals surface area contributed by atoms with E-state index in [9.17, 15) is 4.79 Å². The van der Waals surface area contributed by atoms with Crippen molar-refractivity contribution in [1.82, 2.24) is 5.43 Å². The van der Waals surface area contributed by atoms with Gasteiger partial charge in [-0.1, -0.05) is 0 Å². The van der Waals surface area contributed by atoms with Crippen molar-refractivity contribution < 1.29 is 4.79 Å². The maximum Gasteiger partial charge on any atom is 0.240 e. The molecule has 1 fully saturated rings. The van der Waals surface area contributed by atoms with Crippen molar-refractivity contribution in [2.45, 2.75) is 6.42 Å². The molecule has 0 spiro atoms. The fourth-order valence-corrected chi connectivity index (χ4v) is 1.65. The van der Waals surface area contributed by atoms with Gasteiger partial charge in [-0.3, -0.25) is 15.2 Å². The molecule has 1 aromatic rings. The molecule has 1 aliphatic heterocycles. The molecule has 0 aromatic heterocycles. The number of hydrogen-bond acceptors (Lipinski definition) is 2. The van der Waals surface area contributed by atoms with Crippen molar-refractivity contribution in [1.29, 1.82) is 0 Å². The topological polar surface area (TPSA) is 32.3 Å². The smallest absolute Gasteiger partial charge is 0.240 e. The zero-order valence-corrected chi connectivity index (χ0v) is 9.11. The number of benzene rings is 1. The molecule has 1 saturated heterocycles. The Bertz CT molecular complexity index is 323. The predicted octanol–water partition coefficient (Wildman–Crippen LogP) is 1.53. The van der Waals surface area contributed by atoms with E-state index >= 15 is 0 Å². The summed E-state index contributed by atoms with van der Waals surface area (Å²) in [6.45, 7) is 0.763. The van der Waals surface area contributed by atoms with E-state index in [2.05, 4.69) is 28.0 Å². The molecule has 0 atom stereocenters. The molecular formula is C9H9IN2O. The number of nitrogens with one attached hydrogen (secondary N) is 1. The highest BCUT2D eigenvalue weighted by molar-refractivity contribution is 14.1. The molecule has 2 rings (SSSR count). The highest BCUT2D eigenvalue weighted by Crippen LogP contribution is 2.17. The molecule has 3 nitrogen and oxygen atoms in total. The van der Waals surface area contributed by atoms with Crippen LogP contribution < -0.4 is 10.4 Å². The van der Waals surface area contributed by atoms with Crippen LogP contribution in [0.2, 0.25) is 0 Å². The van der Waals surface area contributed by atoms with Crippen LogP contribution >= 0.6 is 22.6 Å². The first-order valence-electron chi connectivity index (χ1n) is 4.08. The van der Waals surface area contributed by atoms with Gasteiger partial charge < -0.3 is 0 Å². The molecule has 68 valence electrons. The number of anilines is 1. The minimum absolute atomic E-state index is 0.0959. The maximum absolute atomic E-state index is 10.9. The molecule has 1 heterocycles. The number of carbonyl (C=O) groups is 1. The fourth-order valence-electron chi connectivity index (χ4n) is 1.29. The van der Waals surface area contributed by atoms with E-state index in [1.807, 2.05) is 29.3 Å². The van der Waals surface area contributed by atoms with Crippen LogP contribution in [0.3, 0.4) is 0 Å². The van der Waals surface area contributed by atoms with Crippen molar-refractivity contribution in [3.05, 3.63) is 27.8 Å². The van der Waals surface area contributed by atoms with Crippen LogP contribution in [0, 0.1) is 3.57 Å². The standard InChI is InChI=1S/C9H9IN2O/c10-7-1-3-8(4-2-7)12-6-5-9(13)11-12/h1-4H,5-6H2,(H,11,13). The second kappa shape index (κ2) is 3.53. The van der Waals surface area contributed by atoms with Crippen LogP contribution in [0.1, 0.15) is 6.42 Å². The van der Waals surface area contributed by atoms with Gasteiger partial charge in [-0.2, -0.15) is 0 Å². The average molecular weight is 288 g/mol. The lowest BCUT2D eigenvalue weighted by Gasteiger charge is -2.16. The molecule has 0 aliphatic carbocycles. The summed E-state index contributed by atoms with van der Waals surface area (Å²) < 4.78 is 1.20. The Kier molecular flexibility index (Phi) is 2.39. The first kappa shape index (κ1) is 8.80. The monoisotopic (exact) mass is 288 g/mol. The van der Waals surface area contributed by atoms with Gasteiger partial charge in [-0.25, -0.2) is 0 Å². The van der Waals surface area contributed by atoms with Crippen LogP contribution in [0.25, 0.3) is 0 Å². The molecule has 1 aromatic carbocycles. The SMILES string of the molecule is O=C1CCN(c2ccc(I)cc2)N1. The molecule has 13 heavy (non-hydrogen) atoms. The normalized spacial score (nSPS) is 16.1. The second-order valence-corrected chi connectivity index (χ2v) is 4.16. The molecule has 0 bridgehead atoms. The lowest BCUT2D eigenvalue weighted by atomic mass is 10.3. The van der Waals surface area contributed by atoms with Gasteiger partial charge in [0.25, 0.3) is 0 Å². The van der Waals surface area contributed by atoms with E-state index in [4.69, 9.17) is 0 Å². The van der Waals surface area contributed by atoms with Crippen molar-refractivity contribution in [2.24, 2.45) is 0 Å². The number of hydrogen-bond donors (Lipinski definition) is 1. The molecule has 0 saturated carbocycles. The number of carbonyl (C=O) groups excluding carboxylic acids is 1. The highest BCUT2D eigenvalue weighted by atomic mass is 127. The van der Waals surface area contributed by atoms with Crippen molar-refractivity contribution >= 4 is 34.2 Å². The summed E-state index contributed by atoms with van der Waals surface area (Å²) >= 11 is 2.26. The van der Waals surface area contributed by atoms with Crippen LogP contribution in [-0.2, 0) is 4.79 Å². The summed E-state index contributed by atoms with van der Waals surface area (Å²) in [5, 5.41) is 1.87. The Morgan fingerprint density at radius 3 is 2.54 bits per heavy atom. The molecule has 1 amide bonds. The second-order valence-electron chi connectivity index (χ2n) is 2.91. The van der Waals surface area contributed by atoms with Crippen LogP contribution in [0.4, 0.5) is 5.69 Å². The van der Waals surface area contributed by atoms with Crippen LogP contribution in [0.15, 0.2) is 24.3 Å². The summed E-state index contributed by atoms with van der Waals surface area (Å²) in [5.41, 5.74) is 3.83. The molecular weight excluding hydrogens is 279 g/mol. The largest absolute Gasteiger partial charge is 0.285 e. The molecule has 4 heteroatoms. The van der Waals surface area contributed by atoms with Crippen molar-refractivity contribution in [3.63, 3.8) is 0 Å². The minimum Gasteiger partial charge on any atom is -0.285 e. The lowest BCUT2D eigenvalue weighted by Crippen LogP contribution is -2.32. The third-order valence-electron chi connectivity index (χ3n) is 1.96. The Morgan fingerprint density at radius 2 is 2.00 bits per heavy atom. The minimum atomic E-state index is 0.0959. The quantitative estimate of drug-likeness (QED) is 0.795. The third-order valence-corrected chi connectivity index (χ3v) is 2.68. The third kappa shape index (κ3) is 1.93. The molecule has 0 radical (unpaired) electrons. The number of hydrazine groups is 1. The highest BCUT2D eigenvalue weighted by Gasteiger charge is 2.17. The summed E-state index contributed by atoms with van der Waals surface area (Å²) in [7, 11) is 0. The van der Waals surface area contributed by atoms with E-state index in [0.29, 0.717) is 6.42 Å². The molecule has 1 N–H and O–H groups in total. The van der Waals surface area contributed by atoms with Gasteiger partial charge in [0.05, 0.1) is 5.69 Å². The van der Waals surface area contributed by atoms with Crippen LogP contribution in [0.5, 0.6) is 0 Å². The molecule has 1 aliphatic rings. The predicted molar refractivity (Wildman–Crippen MR) is 59.3 cm³/mol. The van der Waals surface area contributed by atoms with Crippen LogP contribution in [-0.4, -0.2) is 12.5 Å². The van der Waals surface area contributed by atoms with E-state index in [1.165, 1.54) is 3.57 Å². The lowest BCUT2D eigenvalue weighted by molar-refractivity contribution is -0.119. The van der Waals surface area contributed by atoms with E-state index in [0.717, 1.165) is 12.2 Å². The van der Waals surface area contributed by atoms with E-state index in [1.54, 1.807) is 0 Å². The Morgan fingerprint density at radius 1 is 1.31 bits per heavy atom. The summed E-state index contributed by atoms with van der Waals surface area (Å²) in [6, 6.07) is 8.07. The number of nitrogens with zero attached hydrogens (tertiary/aromatic N) is 1. The Labute approximate surface area is 90.2 Å². The zero-order valence-electron chi connectivity index (χ0n) is 6.96. The van der Waals surface area contributed by atoms with Gasteiger partial charge in [0, 0.05) is 16.5 Å². The number of rotatable bonds is 1. The summed E-state index contributed by atoms with van der Waals surface area (Å²) in [6.07, 6.45) is 0.589. The average Bonchev–Trinajstić information content (AvgIpc) is 2.53. The van der Waals surface area contributed by atoms with Gasteiger partial charge >= 0.3 is 0 Å². The summed E-state index contributed by atoms with van der Waals surface area (Å²) in [4.78, 5) is 10.9. The van der Waals surface area contributed by atoms with Crippen molar-refractivity contribution in [3.8, 4) is 0 Å². The molecule has 0 unspecified atom stereocenters. The first-order chi connectivity index (χ1) is 6.25.